The van der Waals surface area contributed by atoms with E-state index in [0.29, 0.717) is 6.42 Å². The van der Waals surface area contributed by atoms with E-state index in [1.165, 1.54) is 5.39 Å². The minimum Gasteiger partial charge on any atom is -0.335 e. The number of hydrogen-bond donors (Lipinski definition) is 1. The van der Waals surface area contributed by atoms with Gasteiger partial charge in [-0.3, -0.25) is 4.79 Å². The summed E-state index contributed by atoms with van der Waals surface area (Å²) in [6.07, 6.45) is 5.36. The van der Waals surface area contributed by atoms with Gasteiger partial charge in [0, 0.05) is 37.0 Å². The molecule has 1 atom stereocenters. The minimum atomic E-state index is 0.00127. The molecule has 110 valence electrons. The van der Waals surface area contributed by atoms with E-state index in [9.17, 15) is 4.79 Å². The Labute approximate surface area is 128 Å². The smallest absolute Gasteiger partial charge is 0.228 e. The van der Waals surface area contributed by atoms with E-state index >= 15 is 0 Å². The average Bonchev–Trinajstić information content (AvgIpc) is 3.02. The van der Waals surface area contributed by atoms with Gasteiger partial charge in [-0.2, -0.15) is 0 Å². The van der Waals surface area contributed by atoms with Crippen LogP contribution in [0.5, 0.6) is 0 Å². The van der Waals surface area contributed by atoms with Gasteiger partial charge in [-0.15, -0.1) is 0 Å². The molecule has 0 saturated carbocycles. The van der Waals surface area contributed by atoms with Crippen molar-refractivity contribution in [3.63, 3.8) is 0 Å². The van der Waals surface area contributed by atoms with Crippen molar-refractivity contribution in [2.75, 3.05) is 5.32 Å². The van der Waals surface area contributed by atoms with Gasteiger partial charge in [-0.1, -0.05) is 30.3 Å². The van der Waals surface area contributed by atoms with Crippen LogP contribution < -0.4 is 5.32 Å². The third-order valence-electron chi connectivity index (χ3n) is 4.34. The minimum absolute atomic E-state index is 0.00127. The van der Waals surface area contributed by atoms with E-state index in [4.69, 9.17) is 0 Å². The van der Waals surface area contributed by atoms with Crippen molar-refractivity contribution in [3.8, 4) is 0 Å². The molecule has 0 aliphatic carbocycles. The van der Waals surface area contributed by atoms with Crippen molar-refractivity contribution < 1.29 is 4.79 Å². The highest BCUT2D eigenvalue weighted by molar-refractivity contribution is 5.95. The van der Waals surface area contributed by atoms with Gasteiger partial charge in [-0.25, -0.2) is 4.98 Å². The Morgan fingerprint density at radius 3 is 2.95 bits per heavy atom. The Morgan fingerprint density at radius 1 is 1.18 bits per heavy atom. The lowest BCUT2D eigenvalue weighted by Crippen LogP contribution is -2.30. The van der Waals surface area contributed by atoms with Crippen molar-refractivity contribution >= 4 is 22.4 Å². The Kier molecular flexibility index (Phi) is 3.15. The molecule has 4 nitrogen and oxygen atoms in total. The van der Waals surface area contributed by atoms with Gasteiger partial charge in [0.1, 0.15) is 5.82 Å². The number of aromatic nitrogens is 2. The molecule has 0 bridgehead atoms. The second-order valence-electron chi connectivity index (χ2n) is 5.78. The first kappa shape index (κ1) is 13.1. The molecule has 2 aromatic carbocycles. The lowest BCUT2D eigenvalue weighted by molar-refractivity contribution is -0.120. The molecule has 0 spiro atoms. The quantitative estimate of drug-likeness (QED) is 0.788. The third-order valence-corrected chi connectivity index (χ3v) is 4.34. The maximum Gasteiger partial charge on any atom is 0.228 e. The summed E-state index contributed by atoms with van der Waals surface area (Å²) in [6, 6.07) is 14.2. The summed E-state index contributed by atoms with van der Waals surface area (Å²) >= 11 is 0. The Morgan fingerprint density at radius 2 is 2.05 bits per heavy atom. The standard InChI is InChI=1S/C18H17N3O/c22-18(15-7-9-21-10-8-19-17(21)12-15)20-16-6-5-13-3-1-2-4-14(13)11-16/h1-6,8,10-11,15H,7,9,12H2,(H,20,22). The highest BCUT2D eigenvalue weighted by Gasteiger charge is 2.25. The number of nitrogens with one attached hydrogen (secondary N) is 1. The van der Waals surface area contributed by atoms with Gasteiger partial charge in [-0.05, 0) is 29.3 Å². The number of rotatable bonds is 2. The molecule has 22 heavy (non-hydrogen) atoms. The van der Waals surface area contributed by atoms with E-state index in [1.807, 2.05) is 36.5 Å². The Balaban J connectivity index is 1.51. The molecule has 1 aliphatic rings. The molecule has 2 heterocycles. The topological polar surface area (TPSA) is 46.9 Å². The molecule has 1 aromatic heterocycles. The number of carbonyl (C=O) groups excluding carboxylic acids is 1. The molecule has 4 rings (SSSR count). The van der Waals surface area contributed by atoms with Gasteiger partial charge in [0.15, 0.2) is 0 Å². The normalized spacial score (nSPS) is 17.2. The maximum absolute atomic E-state index is 12.5. The predicted molar refractivity (Wildman–Crippen MR) is 86.6 cm³/mol. The summed E-state index contributed by atoms with van der Waals surface area (Å²) in [5, 5.41) is 5.37. The van der Waals surface area contributed by atoms with Crippen LogP contribution >= 0.6 is 0 Å². The fourth-order valence-electron chi connectivity index (χ4n) is 3.09. The van der Waals surface area contributed by atoms with Crippen LogP contribution in [0, 0.1) is 5.92 Å². The number of fused-ring (bicyclic) bond motifs is 2. The average molecular weight is 291 g/mol. The molecule has 1 amide bonds. The first-order valence-corrected chi connectivity index (χ1v) is 7.59. The predicted octanol–water partition coefficient (Wildman–Crippen LogP) is 3.24. The first-order valence-electron chi connectivity index (χ1n) is 7.59. The van der Waals surface area contributed by atoms with E-state index in [0.717, 1.165) is 29.9 Å². The molecule has 3 aromatic rings. The highest BCUT2D eigenvalue weighted by atomic mass is 16.1. The molecule has 0 fully saturated rings. The number of carbonyl (C=O) groups is 1. The number of imidazole rings is 1. The van der Waals surface area contributed by atoms with Crippen LogP contribution in [-0.4, -0.2) is 15.5 Å². The summed E-state index contributed by atoms with van der Waals surface area (Å²) < 4.78 is 2.12. The molecule has 1 unspecified atom stereocenters. The van der Waals surface area contributed by atoms with Crippen LogP contribution in [0.15, 0.2) is 54.9 Å². The molecule has 4 heteroatoms. The molecular formula is C18H17N3O. The van der Waals surface area contributed by atoms with Crippen LogP contribution in [0.1, 0.15) is 12.2 Å². The zero-order valence-electron chi connectivity index (χ0n) is 12.2. The summed E-state index contributed by atoms with van der Waals surface area (Å²) in [7, 11) is 0. The second kappa shape index (κ2) is 5.30. The van der Waals surface area contributed by atoms with Crippen molar-refractivity contribution in [1.29, 1.82) is 0 Å². The first-order chi connectivity index (χ1) is 10.8. The van der Waals surface area contributed by atoms with Gasteiger partial charge in [0.25, 0.3) is 0 Å². The van der Waals surface area contributed by atoms with Crippen LogP contribution in [0.3, 0.4) is 0 Å². The summed E-state index contributed by atoms with van der Waals surface area (Å²) in [4.78, 5) is 16.8. The molecule has 1 aliphatic heterocycles. The zero-order chi connectivity index (χ0) is 14.9. The lowest BCUT2D eigenvalue weighted by atomic mass is 9.96. The lowest BCUT2D eigenvalue weighted by Gasteiger charge is -2.22. The number of hydrogen-bond acceptors (Lipinski definition) is 2. The third kappa shape index (κ3) is 2.37. The summed E-state index contributed by atoms with van der Waals surface area (Å²) in [5.74, 6) is 1.09. The number of amides is 1. The fraction of sp³-hybridized carbons (Fsp3) is 0.222. The van der Waals surface area contributed by atoms with Crippen molar-refractivity contribution in [1.82, 2.24) is 9.55 Å². The van der Waals surface area contributed by atoms with E-state index < -0.39 is 0 Å². The summed E-state index contributed by atoms with van der Waals surface area (Å²) in [6.45, 7) is 0.866. The SMILES string of the molecule is O=C(Nc1ccc2ccccc2c1)C1CCn2ccnc2C1. The van der Waals surface area contributed by atoms with Crippen molar-refractivity contribution in [2.24, 2.45) is 5.92 Å². The monoisotopic (exact) mass is 291 g/mol. The van der Waals surface area contributed by atoms with Crippen LogP contribution in [0.4, 0.5) is 5.69 Å². The van der Waals surface area contributed by atoms with Crippen molar-refractivity contribution in [2.45, 2.75) is 19.4 Å². The summed E-state index contributed by atoms with van der Waals surface area (Å²) in [5.41, 5.74) is 0.859. The van der Waals surface area contributed by atoms with Crippen LogP contribution in [0.25, 0.3) is 10.8 Å². The zero-order valence-corrected chi connectivity index (χ0v) is 12.2. The Hall–Kier alpha value is -2.62. The fourth-order valence-corrected chi connectivity index (χ4v) is 3.09. The van der Waals surface area contributed by atoms with E-state index in [-0.39, 0.29) is 11.8 Å². The van der Waals surface area contributed by atoms with E-state index in [1.54, 1.807) is 6.20 Å². The molecule has 0 saturated heterocycles. The largest absolute Gasteiger partial charge is 0.335 e. The molecule has 1 N–H and O–H groups in total. The highest BCUT2D eigenvalue weighted by Crippen LogP contribution is 2.23. The van der Waals surface area contributed by atoms with Crippen LogP contribution in [-0.2, 0) is 17.8 Å². The number of benzene rings is 2. The Bertz CT molecular complexity index is 837. The number of nitrogens with zero attached hydrogens (tertiary/aromatic N) is 2. The van der Waals surface area contributed by atoms with Gasteiger partial charge >= 0.3 is 0 Å². The van der Waals surface area contributed by atoms with E-state index in [2.05, 4.69) is 27.0 Å². The van der Waals surface area contributed by atoms with Crippen LogP contribution in [0.2, 0.25) is 0 Å². The molecule has 0 radical (unpaired) electrons. The van der Waals surface area contributed by atoms with Gasteiger partial charge in [0.2, 0.25) is 5.91 Å². The maximum atomic E-state index is 12.5. The van der Waals surface area contributed by atoms with Gasteiger partial charge < -0.3 is 9.88 Å². The number of aryl methyl sites for hydroxylation is 1. The number of anilines is 1. The second-order valence-corrected chi connectivity index (χ2v) is 5.78. The van der Waals surface area contributed by atoms with Crippen molar-refractivity contribution in [3.05, 3.63) is 60.7 Å². The van der Waals surface area contributed by atoms with Gasteiger partial charge in [0.05, 0.1) is 0 Å². The molecular weight excluding hydrogens is 274 g/mol.